The smallest absolute Gasteiger partial charge is 0.591 e. The topological polar surface area (TPSA) is 61.4 Å². The molecule has 0 radical (unpaired) electrons. The molecule has 0 fully saturated rings. The molecule has 0 aromatic rings. The van der Waals surface area contributed by atoms with Crippen LogP contribution in [0.2, 0.25) is 0 Å². The lowest BCUT2D eigenvalue weighted by atomic mass is 10.7. The van der Waals surface area contributed by atoms with Gasteiger partial charge in [-0.1, -0.05) is 0 Å². The summed E-state index contributed by atoms with van der Waals surface area (Å²) in [5, 5.41) is 0. The van der Waals surface area contributed by atoms with E-state index in [1.165, 1.54) is 4.72 Å². The van der Waals surface area contributed by atoms with Gasteiger partial charge in [0.25, 0.3) is 0 Å². The van der Waals surface area contributed by atoms with E-state index in [0.717, 1.165) is 7.11 Å². The van der Waals surface area contributed by atoms with Crippen LogP contribution in [-0.4, -0.2) is 29.7 Å². The lowest BCUT2D eigenvalue weighted by Gasteiger charge is -2.11. The molecule has 72 valence electrons. The first-order valence-corrected chi connectivity index (χ1v) is 3.82. The summed E-state index contributed by atoms with van der Waals surface area (Å²) in [4.78, 5) is 10.3. The van der Waals surface area contributed by atoms with E-state index in [0.29, 0.717) is 0 Å². The molecule has 1 N–H and O–H groups in total. The molecule has 0 saturated carbocycles. The van der Waals surface area contributed by atoms with Gasteiger partial charge in [0.15, 0.2) is 11.4 Å². The molecule has 1 unspecified atom stereocenters. The number of carbonyl (C=O) groups is 1. The van der Waals surface area contributed by atoms with Crippen LogP contribution in [0.25, 0.3) is 0 Å². The second kappa shape index (κ2) is 4.53. The van der Waals surface area contributed by atoms with Gasteiger partial charge in [-0.2, -0.15) is 0 Å². The van der Waals surface area contributed by atoms with Crippen LogP contribution < -0.4 is 4.72 Å². The zero-order valence-corrected chi connectivity index (χ0v) is 6.79. The van der Waals surface area contributed by atoms with Crippen molar-refractivity contribution < 1.29 is 27.3 Å². The highest BCUT2D eigenvalue weighted by molar-refractivity contribution is 7.90. The Bertz CT molecular complexity index is 162. The van der Waals surface area contributed by atoms with Crippen LogP contribution in [-0.2, 0) is 20.9 Å². The monoisotopic (exact) mass is 205 g/mol. The molecule has 0 aliphatic heterocycles. The van der Waals surface area contributed by atoms with Crippen molar-refractivity contribution in [1.82, 2.24) is 4.72 Å². The van der Waals surface area contributed by atoms with Gasteiger partial charge in [-0.15, -0.1) is 17.9 Å². The average molecular weight is 205 g/mol. The maximum atomic E-state index is 11.5. The third-order valence-corrected chi connectivity index (χ3v) is 1.61. The molecule has 1 atom stereocenters. The van der Waals surface area contributed by atoms with Crippen molar-refractivity contribution in [3.63, 3.8) is 0 Å². The second-order valence-electron chi connectivity index (χ2n) is 1.61. The number of methoxy groups -OCH3 is 1. The minimum Gasteiger partial charge on any atom is -0.591 e. The van der Waals surface area contributed by atoms with Crippen molar-refractivity contribution in [2.45, 2.75) is 5.51 Å². The van der Waals surface area contributed by atoms with Crippen LogP contribution in [0.3, 0.4) is 0 Å². The standard InChI is InChI=1S/C4H6F3NO3S/c1-11-3(9)2-8-12(10)4(5,6)7/h8H,2H2,1H3. The van der Waals surface area contributed by atoms with E-state index < -0.39 is 29.4 Å². The van der Waals surface area contributed by atoms with E-state index in [1.54, 1.807) is 0 Å². The summed E-state index contributed by atoms with van der Waals surface area (Å²) >= 11 is -3.21. The van der Waals surface area contributed by atoms with Crippen molar-refractivity contribution in [2.24, 2.45) is 0 Å². The molecule has 0 saturated heterocycles. The minimum atomic E-state index is -4.85. The summed E-state index contributed by atoms with van der Waals surface area (Å²) in [6.45, 7) is -0.734. The predicted octanol–water partition coefficient (Wildman–Crippen LogP) is -0.0675. The Morgan fingerprint density at radius 1 is 1.67 bits per heavy atom. The number of hydrogen-bond acceptors (Lipinski definition) is 4. The summed E-state index contributed by atoms with van der Waals surface area (Å²) in [5.41, 5.74) is -4.85. The van der Waals surface area contributed by atoms with E-state index in [9.17, 15) is 22.5 Å². The molecule has 0 bridgehead atoms. The molecule has 0 spiro atoms. The summed E-state index contributed by atoms with van der Waals surface area (Å²) in [5.74, 6) is -0.910. The van der Waals surface area contributed by atoms with E-state index >= 15 is 0 Å². The molecule has 0 rings (SSSR count). The molecular formula is C4H6F3NO3S. The Balaban J connectivity index is 3.72. The lowest BCUT2D eigenvalue weighted by Crippen LogP contribution is -2.39. The van der Waals surface area contributed by atoms with Gasteiger partial charge in [-0.3, -0.25) is 4.79 Å². The summed E-state index contributed by atoms with van der Waals surface area (Å²) in [7, 11) is 1.01. The molecule has 0 aromatic heterocycles. The lowest BCUT2D eigenvalue weighted by molar-refractivity contribution is -0.139. The molecule has 12 heavy (non-hydrogen) atoms. The number of ether oxygens (including phenoxy) is 1. The zero-order chi connectivity index (χ0) is 9.78. The van der Waals surface area contributed by atoms with Gasteiger partial charge in [0, 0.05) is 0 Å². The minimum absolute atomic E-state index is 0.734. The molecule has 0 heterocycles. The molecular weight excluding hydrogens is 199 g/mol. The Morgan fingerprint density at radius 3 is 2.50 bits per heavy atom. The highest BCUT2D eigenvalue weighted by atomic mass is 32.2. The Labute approximate surface area is 69.4 Å². The quantitative estimate of drug-likeness (QED) is 0.517. The van der Waals surface area contributed by atoms with Gasteiger partial charge in [0.1, 0.15) is 6.54 Å². The highest BCUT2D eigenvalue weighted by Gasteiger charge is 2.45. The summed E-state index contributed by atoms with van der Waals surface area (Å²) < 4.78 is 50.1. The molecule has 0 amide bonds. The van der Waals surface area contributed by atoms with Gasteiger partial charge in [-0.25, -0.2) is 0 Å². The Hall–Kier alpha value is -0.470. The fourth-order valence-electron chi connectivity index (χ4n) is 0.278. The van der Waals surface area contributed by atoms with Gasteiger partial charge < -0.3 is 9.29 Å². The van der Waals surface area contributed by atoms with Crippen molar-refractivity contribution in [3.8, 4) is 0 Å². The van der Waals surface area contributed by atoms with Crippen molar-refractivity contribution in [1.29, 1.82) is 0 Å². The summed E-state index contributed by atoms with van der Waals surface area (Å²) in [6.07, 6.45) is 0. The number of esters is 1. The van der Waals surface area contributed by atoms with Crippen LogP contribution in [0, 0.1) is 0 Å². The molecule has 8 heteroatoms. The first-order valence-electron chi connectivity index (χ1n) is 2.67. The van der Waals surface area contributed by atoms with Crippen LogP contribution in [0.15, 0.2) is 0 Å². The van der Waals surface area contributed by atoms with Crippen LogP contribution >= 0.6 is 0 Å². The normalized spacial score (nSPS) is 14.1. The number of hydrogen-bond donors (Lipinski definition) is 1. The number of rotatable bonds is 3. The van der Waals surface area contributed by atoms with Crippen LogP contribution in [0.1, 0.15) is 0 Å². The zero-order valence-electron chi connectivity index (χ0n) is 5.97. The SMILES string of the molecule is COC(=O)CN[S+]([O-])C(F)(F)F. The van der Waals surface area contributed by atoms with Crippen LogP contribution in [0.5, 0.6) is 0 Å². The first-order chi connectivity index (χ1) is 5.38. The number of halogens is 3. The molecule has 0 aromatic carbocycles. The Morgan fingerprint density at radius 2 is 2.17 bits per heavy atom. The second-order valence-corrected chi connectivity index (χ2v) is 2.90. The largest absolute Gasteiger partial charge is 0.592 e. The van der Waals surface area contributed by atoms with E-state index in [2.05, 4.69) is 4.74 Å². The van der Waals surface area contributed by atoms with Gasteiger partial charge >= 0.3 is 11.5 Å². The first kappa shape index (κ1) is 11.5. The highest BCUT2D eigenvalue weighted by Crippen LogP contribution is 2.21. The van der Waals surface area contributed by atoms with E-state index in [-0.39, 0.29) is 0 Å². The number of carbonyl (C=O) groups excluding carboxylic acids is 1. The maximum Gasteiger partial charge on any atom is 0.592 e. The van der Waals surface area contributed by atoms with E-state index in [4.69, 9.17) is 0 Å². The molecule has 4 nitrogen and oxygen atoms in total. The van der Waals surface area contributed by atoms with Gasteiger partial charge in [0.2, 0.25) is 0 Å². The fourth-order valence-corrected chi connectivity index (χ4v) is 0.691. The molecule has 0 aliphatic carbocycles. The van der Waals surface area contributed by atoms with E-state index in [1.807, 2.05) is 0 Å². The van der Waals surface area contributed by atoms with Gasteiger partial charge in [-0.05, 0) is 0 Å². The van der Waals surface area contributed by atoms with Crippen molar-refractivity contribution >= 4 is 17.3 Å². The number of nitrogens with one attached hydrogen (secondary N) is 1. The van der Waals surface area contributed by atoms with Crippen LogP contribution in [0.4, 0.5) is 13.2 Å². The maximum absolute atomic E-state index is 11.5. The summed E-state index contributed by atoms with van der Waals surface area (Å²) in [6, 6.07) is 0. The predicted molar refractivity (Wildman–Crippen MR) is 34.2 cm³/mol. The average Bonchev–Trinajstić information content (AvgIpc) is 1.97. The molecule has 0 aliphatic rings. The van der Waals surface area contributed by atoms with Crippen molar-refractivity contribution in [2.75, 3.05) is 13.7 Å². The Kier molecular flexibility index (Phi) is 4.35. The third-order valence-electron chi connectivity index (χ3n) is 0.785. The van der Waals surface area contributed by atoms with Gasteiger partial charge in [0.05, 0.1) is 7.11 Å². The van der Waals surface area contributed by atoms with Crippen molar-refractivity contribution in [3.05, 3.63) is 0 Å². The number of alkyl halides is 3. The third kappa shape index (κ3) is 4.42. The fraction of sp³-hybridized carbons (Fsp3) is 0.750.